The number of halogens is 1. The van der Waals surface area contributed by atoms with Crippen molar-refractivity contribution in [3.63, 3.8) is 0 Å². The first-order valence-corrected chi connectivity index (χ1v) is 8.42. The van der Waals surface area contributed by atoms with Gasteiger partial charge in [-0.15, -0.1) is 6.58 Å². The third kappa shape index (κ3) is 2.99. The van der Waals surface area contributed by atoms with Gasteiger partial charge in [-0.3, -0.25) is 9.59 Å². The molecule has 0 saturated carbocycles. The SMILES string of the molecule is C=CCSc1nc2c(c(=O)[nH]1)[C@@H](c1cccc(C)c1F)CC(=O)N2. The minimum absolute atomic E-state index is 0.0112. The van der Waals surface area contributed by atoms with E-state index in [2.05, 4.69) is 21.9 Å². The van der Waals surface area contributed by atoms with Gasteiger partial charge in [-0.25, -0.2) is 9.37 Å². The van der Waals surface area contributed by atoms with Gasteiger partial charge in [0.2, 0.25) is 5.91 Å². The van der Waals surface area contributed by atoms with E-state index in [9.17, 15) is 14.0 Å². The Balaban J connectivity index is 2.13. The minimum atomic E-state index is -0.650. The Bertz CT molecular complexity index is 879. The number of carbonyl (C=O) groups is 1. The van der Waals surface area contributed by atoms with Crippen LogP contribution in [0, 0.1) is 12.7 Å². The maximum Gasteiger partial charge on any atom is 0.257 e. The van der Waals surface area contributed by atoms with E-state index in [0.29, 0.717) is 27.6 Å². The van der Waals surface area contributed by atoms with Crippen molar-refractivity contribution in [2.24, 2.45) is 0 Å². The van der Waals surface area contributed by atoms with Crippen molar-refractivity contribution in [3.8, 4) is 0 Å². The van der Waals surface area contributed by atoms with Crippen LogP contribution < -0.4 is 10.9 Å². The average molecular weight is 345 g/mol. The van der Waals surface area contributed by atoms with Crippen LogP contribution in [0.15, 0.2) is 40.8 Å². The maximum atomic E-state index is 14.5. The normalized spacial score (nSPS) is 16.4. The van der Waals surface area contributed by atoms with Gasteiger partial charge >= 0.3 is 0 Å². The number of nitrogens with zero attached hydrogens (tertiary/aromatic N) is 1. The van der Waals surface area contributed by atoms with Crippen LogP contribution in [0.4, 0.5) is 10.2 Å². The zero-order chi connectivity index (χ0) is 17.3. The van der Waals surface area contributed by atoms with E-state index in [1.165, 1.54) is 11.8 Å². The summed E-state index contributed by atoms with van der Waals surface area (Å²) >= 11 is 1.30. The lowest BCUT2D eigenvalue weighted by Gasteiger charge is -2.25. The summed E-state index contributed by atoms with van der Waals surface area (Å²) in [6.07, 6.45) is 1.70. The van der Waals surface area contributed by atoms with Gasteiger partial charge in [0.15, 0.2) is 5.16 Å². The van der Waals surface area contributed by atoms with Gasteiger partial charge in [0.05, 0.1) is 5.56 Å². The Morgan fingerprint density at radius 1 is 1.46 bits per heavy atom. The quantitative estimate of drug-likeness (QED) is 0.507. The van der Waals surface area contributed by atoms with Crippen LogP contribution in [-0.4, -0.2) is 21.6 Å². The second-order valence-corrected chi connectivity index (χ2v) is 6.52. The number of aromatic amines is 1. The van der Waals surface area contributed by atoms with Gasteiger partial charge in [0, 0.05) is 18.1 Å². The molecule has 0 radical (unpaired) electrons. The summed E-state index contributed by atoms with van der Waals surface area (Å²) in [5.41, 5.74) is 0.743. The molecule has 1 aliphatic rings. The zero-order valence-electron chi connectivity index (χ0n) is 13.1. The van der Waals surface area contributed by atoms with Crippen LogP contribution in [0.1, 0.15) is 29.0 Å². The Labute approximate surface area is 142 Å². The first-order chi connectivity index (χ1) is 11.5. The lowest BCUT2D eigenvalue weighted by atomic mass is 9.86. The molecule has 24 heavy (non-hydrogen) atoms. The third-order valence-corrected chi connectivity index (χ3v) is 4.73. The molecule has 1 aromatic carbocycles. The number of aromatic nitrogens is 2. The van der Waals surface area contributed by atoms with Crippen LogP contribution >= 0.6 is 11.8 Å². The smallest absolute Gasteiger partial charge is 0.257 e. The molecule has 0 bridgehead atoms. The van der Waals surface area contributed by atoms with Gasteiger partial charge in [-0.05, 0) is 18.1 Å². The predicted molar refractivity (Wildman–Crippen MR) is 92.0 cm³/mol. The molecule has 0 unspecified atom stereocenters. The molecule has 2 aromatic rings. The van der Waals surface area contributed by atoms with E-state index in [1.54, 1.807) is 31.2 Å². The van der Waals surface area contributed by atoms with Crippen LogP contribution in [0.25, 0.3) is 0 Å². The molecule has 1 aliphatic heterocycles. The Kier molecular flexibility index (Phi) is 4.53. The van der Waals surface area contributed by atoms with Crippen molar-refractivity contribution in [1.82, 2.24) is 9.97 Å². The standard InChI is InChI=1S/C17H16FN3O2S/c1-3-7-24-17-20-15-13(16(23)21-17)11(8-12(22)19-15)10-6-4-5-9(2)14(10)18/h3-6,11H,1,7-8H2,2H3,(H2,19,20,21,22,23)/t11-/m1/s1. The molecule has 1 amide bonds. The highest BCUT2D eigenvalue weighted by molar-refractivity contribution is 7.99. The highest BCUT2D eigenvalue weighted by Crippen LogP contribution is 2.36. The second kappa shape index (κ2) is 6.60. The largest absolute Gasteiger partial charge is 0.310 e. The van der Waals surface area contributed by atoms with Crippen LogP contribution in [0.5, 0.6) is 0 Å². The third-order valence-electron chi connectivity index (χ3n) is 3.86. The van der Waals surface area contributed by atoms with Crippen molar-refractivity contribution in [3.05, 3.63) is 63.7 Å². The van der Waals surface area contributed by atoms with Gasteiger partial charge < -0.3 is 10.3 Å². The molecule has 2 heterocycles. The molecule has 2 N–H and O–H groups in total. The number of benzene rings is 1. The van der Waals surface area contributed by atoms with Gasteiger partial charge in [0.1, 0.15) is 11.6 Å². The van der Waals surface area contributed by atoms with Crippen molar-refractivity contribution in [2.75, 3.05) is 11.1 Å². The first-order valence-electron chi connectivity index (χ1n) is 7.44. The number of nitrogens with one attached hydrogen (secondary N) is 2. The highest BCUT2D eigenvalue weighted by atomic mass is 32.2. The maximum absolute atomic E-state index is 14.5. The Hall–Kier alpha value is -2.41. The summed E-state index contributed by atoms with van der Waals surface area (Å²) in [6.45, 7) is 5.27. The molecule has 1 atom stereocenters. The molecule has 0 fully saturated rings. The average Bonchev–Trinajstić information content (AvgIpc) is 2.54. The Morgan fingerprint density at radius 2 is 2.25 bits per heavy atom. The molecular formula is C17H16FN3O2S. The number of rotatable bonds is 4. The van der Waals surface area contributed by atoms with E-state index in [-0.39, 0.29) is 23.7 Å². The lowest BCUT2D eigenvalue weighted by molar-refractivity contribution is -0.116. The van der Waals surface area contributed by atoms with Crippen molar-refractivity contribution < 1.29 is 9.18 Å². The van der Waals surface area contributed by atoms with Gasteiger partial charge in [-0.1, -0.05) is 36.0 Å². The lowest BCUT2D eigenvalue weighted by Crippen LogP contribution is -2.31. The van der Waals surface area contributed by atoms with Gasteiger partial charge in [0.25, 0.3) is 5.56 Å². The molecule has 0 saturated heterocycles. The number of amides is 1. The van der Waals surface area contributed by atoms with Crippen molar-refractivity contribution in [1.29, 1.82) is 0 Å². The molecule has 0 aliphatic carbocycles. The van der Waals surface area contributed by atoms with E-state index in [1.807, 2.05) is 0 Å². The number of H-pyrrole nitrogens is 1. The van der Waals surface area contributed by atoms with Crippen molar-refractivity contribution >= 4 is 23.5 Å². The number of thioether (sulfide) groups is 1. The minimum Gasteiger partial charge on any atom is -0.310 e. The Morgan fingerprint density at radius 3 is 3.00 bits per heavy atom. The summed E-state index contributed by atoms with van der Waals surface area (Å²) in [5.74, 6) is -0.555. The monoisotopic (exact) mass is 345 g/mol. The molecule has 0 spiro atoms. The summed E-state index contributed by atoms with van der Waals surface area (Å²) in [5, 5.41) is 3.01. The highest BCUT2D eigenvalue weighted by Gasteiger charge is 2.32. The fourth-order valence-corrected chi connectivity index (χ4v) is 3.36. The first kappa shape index (κ1) is 16.4. The fourth-order valence-electron chi connectivity index (χ4n) is 2.76. The number of hydrogen-bond donors (Lipinski definition) is 2. The van der Waals surface area contributed by atoms with E-state index in [0.717, 1.165) is 0 Å². The van der Waals surface area contributed by atoms with Crippen LogP contribution in [0.2, 0.25) is 0 Å². The van der Waals surface area contributed by atoms with E-state index >= 15 is 0 Å². The molecule has 124 valence electrons. The molecular weight excluding hydrogens is 329 g/mol. The molecule has 3 rings (SSSR count). The van der Waals surface area contributed by atoms with Crippen LogP contribution in [-0.2, 0) is 4.79 Å². The zero-order valence-corrected chi connectivity index (χ0v) is 13.9. The van der Waals surface area contributed by atoms with Crippen LogP contribution in [0.3, 0.4) is 0 Å². The summed E-state index contributed by atoms with van der Waals surface area (Å²) in [4.78, 5) is 31.5. The topological polar surface area (TPSA) is 74.8 Å². The van der Waals surface area contributed by atoms with Crippen molar-refractivity contribution in [2.45, 2.75) is 24.4 Å². The fraction of sp³-hybridized carbons (Fsp3) is 0.235. The summed E-state index contributed by atoms with van der Waals surface area (Å²) < 4.78 is 14.5. The second-order valence-electron chi connectivity index (χ2n) is 5.52. The van der Waals surface area contributed by atoms with E-state index < -0.39 is 11.7 Å². The molecule has 7 heteroatoms. The number of anilines is 1. The number of carbonyl (C=O) groups excluding carboxylic acids is 1. The predicted octanol–water partition coefficient (Wildman–Crippen LogP) is 2.97. The summed E-state index contributed by atoms with van der Waals surface area (Å²) in [6, 6.07) is 4.98. The molecule has 5 nitrogen and oxygen atoms in total. The number of aryl methyl sites for hydroxylation is 1. The van der Waals surface area contributed by atoms with Gasteiger partial charge in [-0.2, -0.15) is 0 Å². The number of fused-ring (bicyclic) bond motifs is 1. The molecule has 1 aromatic heterocycles. The number of hydrogen-bond acceptors (Lipinski definition) is 4. The summed E-state index contributed by atoms with van der Waals surface area (Å²) in [7, 11) is 0. The van der Waals surface area contributed by atoms with E-state index in [4.69, 9.17) is 0 Å².